The predicted octanol–water partition coefficient (Wildman–Crippen LogP) is 1.45. The first-order chi connectivity index (χ1) is 5.41. The number of hydrogen-bond donors (Lipinski definition) is 0. The van der Waals surface area contributed by atoms with Gasteiger partial charge in [0.25, 0.3) is 0 Å². The van der Waals surface area contributed by atoms with Crippen LogP contribution in [-0.2, 0) is 9.84 Å². The van der Waals surface area contributed by atoms with Crippen molar-refractivity contribution in [3.05, 3.63) is 23.0 Å². The largest absolute Gasteiger partial charge is 0.259 e. The van der Waals surface area contributed by atoms with Crippen molar-refractivity contribution in [2.24, 2.45) is 0 Å². The van der Waals surface area contributed by atoms with Crippen LogP contribution in [0.25, 0.3) is 0 Å². The van der Waals surface area contributed by atoms with Crippen LogP contribution in [0.1, 0.15) is 5.69 Å². The number of pyridine rings is 1. The maximum Gasteiger partial charge on any atom is 0.177 e. The van der Waals surface area contributed by atoms with Gasteiger partial charge in [0.2, 0.25) is 0 Å². The molecule has 1 aromatic rings. The Morgan fingerprint density at radius 1 is 1.50 bits per heavy atom. The number of rotatable bonds is 1. The standard InChI is InChI=1S/C7H8ClNO2S/c1-5-7(12(2,10)11)3-6(8)4-9-5/h3-4H,1-2H3. The number of aryl methyl sites for hydroxylation is 1. The van der Waals surface area contributed by atoms with Gasteiger partial charge in [-0.05, 0) is 13.0 Å². The lowest BCUT2D eigenvalue weighted by Crippen LogP contribution is -2.01. The second kappa shape index (κ2) is 3.03. The molecule has 0 radical (unpaired) electrons. The molecule has 1 aromatic heterocycles. The summed E-state index contributed by atoms with van der Waals surface area (Å²) >= 11 is 5.60. The van der Waals surface area contributed by atoms with Gasteiger partial charge < -0.3 is 0 Å². The summed E-state index contributed by atoms with van der Waals surface area (Å²) in [6, 6.07) is 1.40. The van der Waals surface area contributed by atoms with E-state index >= 15 is 0 Å². The Hall–Kier alpha value is -0.610. The molecule has 0 saturated carbocycles. The van der Waals surface area contributed by atoms with Gasteiger partial charge in [-0.25, -0.2) is 8.42 Å². The summed E-state index contributed by atoms with van der Waals surface area (Å²) in [5.74, 6) is 0. The third-order valence-electron chi connectivity index (χ3n) is 1.41. The van der Waals surface area contributed by atoms with Crippen LogP contribution >= 0.6 is 11.6 Å². The van der Waals surface area contributed by atoms with E-state index in [0.717, 1.165) is 6.26 Å². The van der Waals surface area contributed by atoms with Crippen molar-refractivity contribution >= 4 is 21.4 Å². The minimum Gasteiger partial charge on any atom is -0.259 e. The van der Waals surface area contributed by atoms with Crippen LogP contribution in [0, 0.1) is 6.92 Å². The molecule has 5 heteroatoms. The molecule has 1 rings (SSSR count). The SMILES string of the molecule is Cc1ncc(Cl)cc1S(C)(=O)=O. The Bertz CT molecular complexity index is 400. The number of aromatic nitrogens is 1. The zero-order valence-corrected chi connectivity index (χ0v) is 8.28. The van der Waals surface area contributed by atoms with E-state index in [1.165, 1.54) is 12.3 Å². The van der Waals surface area contributed by atoms with Crippen molar-refractivity contribution in [1.82, 2.24) is 4.98 Å². The number of sulfone groups is 1. The summed E-state index contributed by atoms with van der Waals surface area (Å²) in [7, 11) is -3.20. The molecule has 0 spiro atoms. The van der Waals surface area contributed by atoms with Crippen LogP contribution in [0.4, 0.5) is 0 Å². The Morgan fingerprint density at radius 2 is 2.08 bits per heavy atom. The van der Waals surface area contributed by atoms with E-state index in [0.29, 0.717) is 10.7 Å². The van der Waals surface area contributed by atoms with Gasteiger partial charge in [0, 0.05) is 12.5 Å². The first-order valence-corrected chi connectivity index (χ1v) is 5.50. The van der Waals surface area contributed by atoms with E-state index in [2.05, 4.69) is 4.98 Å². The number of hydrogen-bond acceptors (Lipinski definition) is 3. The van der Waals surface area contributed by atoms with E-state index in [1.54, 1.807) is 6.92 Å². The Kier molecular flexibility index (Phi) is 2.39. The highest BCUT2D eigenvalue weighted by molar-refractivity contribution is 7.90. The quantitative estimate of drug-likeness (QED) is 0.697. The van der Waals surface area contributed by atoms with Crippen LogP contribution in [0.5, 0.6) is 0 Å². The van der Waals surface area contributed by atoms with Crippen molar-refractivity contribution in [1.29, 1.82) is 0 Å². The monoisotopic (exact) mass is 205 g/mol. The zero-order valence-electron chi connectivity index (χ0n) is 6.70. The minimum atomic E-state index is -3.20. The third-order valence-corrected chi connectivity index (χ3v) is 2.83. The molecular formula is C7H8ClNO2S. The lowest BCUT2D eigenvalue weighted by atomic mass is 10.4. The Morgan fingerprint density at radius 3 is 2.50 bits per heavy atom. The predicted molar refractivity (Wildman–Crippen MR) is 47.1 cm³/mol. The molecule has 0 saturated heterocycles. The van der Waals surface area contributed by atoms with Gasteiger partial charge in [-0.2, -0.15) is 0 Å². The molecule has 12 heavy (non-hydrogen) atoms. The van der Waals surface area contributed by atoms with Crippen molar-refractivity contribution in [2.45, 2.75) is 11.8 Å². The fourth-order valence-corrected chi connectivity index (χ4v) is 2.02. The third kappa shape index (κ3) is 1.95. The maximum absolute atomic E-state index is 11.1. The molecule has 0 N–H and O–H groups in total. The second-order valence-electron chi connectivity index (χ2n) is 2.51. The van der Waals surface area contributed by atoms with Crippen LogP contribution < -0.4 is 0 Å². The van der Waals surface area contributed by atoms with Crippen LogP contribution in [0.3, 0.4) is 0 Å². The van der Waals surface area contributed by atoms with Gasteiger partial charge in [-0.3, -0.25) is 4.98 Å². The lowest BCUT2D eigenvalue weighted by Gasteiger charge is -2.01. The summed E-state index contributed by atoms with van der Waals surface area (Å²) in [6.45, 7) is 1.63. The van der Waals surface area contributed by atoms with Gasteiger partial charge in [0.05, 0.1) is 15.6 Å². The number of nitrogens with zero attached hydrogens (tertiary/aromatic N) is 1. The molecule has 0 aliphatic rings. The van der Waals surface area contributed by atoms with Gasteiger partial charge in [0.15, 0.2) is 9.84 Å². The molecule has 0 aromatic carbocycles. The number of halogens is 1. The summed E-state index contributed by atoms with van der Waals surface area (Å²) in [4.78, 5) is 4.02. The highest BCUT2D eigenvalue weighted by atomic mass is 35.5. The molecule has 3 nitrogen and oxygen atoms in total. The molecule has 0 amide bonds. The molecule has 0 fully saturated rings. The average molecular weight is 206 g/mol. The van der Waals surface area contributed by atoms with Gasteiger partial charge in [-0.1, -0.05) is 11.6 Å². The van der Waals surface area contributed by atoms with Crippen LogP contribution in [0.15, 0.2) is 17.2 Å². The fraction of sp³-hybridized carbons (Fsp3) is 0.286. The van der Waals surface area contributed by atoms with E-state index in [1.807, 2.05) is 0 Å². The van der Waals surface area contributed by atoms with Gasteiger partial charge >= 0.3 is 0 Å². The smallest absolute Gasteiger partial charge is 0.177 e. The maximum atomic E-state index is 11.1. The van der Waals surface area contributed by atoms with E-state index in [-0.39, 0.29) is 4.90 Å². The first-order valence-electron chi connectivity index (χ1n) is 3.23. The van der Waals surface area contributed by atoms with E-state index in [4.69, 9.17) is 11.6 Å². The average Bonchev–Trinajstić information content (AvgIpc) is 1.92. The highest BCUT2D eigenvalue weighted by Gasteiger charge is 2.11. The summed E-state index contributed by atoms with van der Waals surface area (Å²) in [6.07, 6.45) is 2.55. The van der Waals surface area contributed by atoms with Crippen LogP contribution in [0.2, 0.25) is 5.02 Å². The molecule has 0 bridgehead atoms. The summed E-state index contributed by atoms with van der Waals surface area (Å²) in [5, 5.41) is 0.334. The summed E-state index contributed by atoms with van der Waals surface area (Å²) in [5.41, 5.74) is 0.474. The fourth-order valence-electron chi connectivity index (χ4n) is 0.864. The molecule has 1 heterocycles. The molecule has 0 atom stereocenters. The Labute approximate surface area is 76.3 Å². The zero-order chi connectivity index (χ0) is 9.35. The lowest BCUT2D eigenvalue weighted by molar-refractivity contribution is 0.600. The van der Waals surface area contributed by atoms with Gasteiger partial charge in [-0.15, -0.1) is 0 Å². The normalized spacial score (nSPS) is 11.6. The van der Waals surface area contributed by atoms with Crippen molar-refractivity contribution in [2.75, 3.05) is 6.26 Å². The first kappa shape index (κ1) is 9.48. The molecule has 0 aliphatic carbocycles. The molecule has 0 aliphatic heterocycles. The van der Waals surface area contributed by atoms with Crippen molar-refractivity contribution in [3.8, 4) is 0 Å². The van der Waals surface area contributed by atoms with E-state index < -0.39 is 9.84 Å². The Balaban J connectivity index is 3.43. The van der Waals surface area contributed by atoms with Crippen LogP contribution in [-0.4, -0.2) is 19.7 Å². The topological polar surface area (TPSA) is 47.0 Å². The van der Waals surface area contributed by atoms with Crippen molar-refractivity contribution < 1.29 is 8.42 Å². The van der Waals surface area contributed by atoms with E-state index in [9.17, 15) is 8.42 Å². The second-order valence-corrected chi connectivity index (χ2v) is 4.93. The molecule has 0 unspecified atom stereocenters. The minimum absolute atomic E-state index is 0.190. The molecular weight excluding hydrogens is 198 g/mol. The highest BCUT2D eigenvalue weighted by Crippen LogP contribution is 2.17. The summed E-state index contributed by atoms with van der Waals surface area (Å²) < 4.78 is 22.2. The van der Waals surface area contributed by atoms with Crippen molar-refractivity contribution in [3.63, 3.8) is 0 Å². The van der Waals surface area contributed by atoms with Gasteiger partial charge in [0.1, 0.15) is 0 Å². The molecule has 66 valence electrons.